The molecule has 0 saturated heterocycles. The summed E-state index contributed by atoms with van der Waals surface area (Å²) in [5, 5.41) is 8.80. The number of hydrogen-bond acceptors (Lipinski definition) is 4. The van der Waals surface area contributed by atoms with E-state index < -0.39 is 14.7 Å². The van der Waals surface area contributed by atoms with Gasteiger partial charge in [0.1, 0.15) is 23.3 Å². The number of nitrogens with zero attached hydrogens (tertiary/aromatic N) is 1. The molecule has 2 aromatic carbocycles. The van der Waals surface area contributed by atoms with E-state index in [4.69, 9.17) is 10.00 Å². The molecule has 0 fully saturated rings. The van der Waals surface area contributed by atoms with E-state index in [-0.39, 0.29) is 4.90 Å². The number of benzene rings is 2. The quantitative estimate of drug-likeness (QED) is 0.599. The van der Waals surface area contributed by atoms with E-state index in [1.807, 2.05) is 18.2 Å². The summed E-state index contributed by atoms with van der Waals surface area (Å²) in [7, 11) is -3.86. The highest BCUT2D eigenvalue weighted by Crippen LogP contribution is 2.32. The Hall–Kier alpha value is -2.84. The van der Waals surface area contributed by atoms with Crippen LogP contribution in [0.25, 0.3) is 11.1 Å². The molecule has 23 heavy (non-hydrogen) atoms. The van der Waals surface area contributed by atoms with Gasteiger partial charge in [0.15, 0.2) is 0 Å². The molecule has 0 aliphatic rings. The van der Waals surface area contributed by atoms with Crippen molar-refractivity contribution < 1.29 is 13.2 Å². The minimum atomic E-state index is -3.86. The first-order valence-electron chi connectivity index (χ1n) is 6.78. The van der Waals surface area contributed by atoms with Crippen LogP contribution in [0.2, 0.25) is 0 Å². The van der Waals surface area contributed by atoms with Crippen molar-refractivity contribution in [3.8, 4) is 22.9 Å². The lowest BCUT2D eigenvalue weighted by molar-refractivity contribution is 0.364. The molecule has 116 valence electrons. The zero-order valence-electron chi connectivity index (χ0n) is 12.4. The van der Waals surface area contributed by atoms with Gasteiger partial charge >= 0.3 is 0 Å². The van der Waals surface area contributed by atoms with Crippen molar-refractivity contribution in [2.75, 3.05) is 6.61 Å². The van der Waals surface area contributed by atoms with Crippen LogP contribution < -0.4 is 4.74 Å². The number of rotatable bonds is 6. The molecule has 0 aromatic heterocycles. The summed E-state index contributed by atoms with van der Waals surface area (Å²) in [5.74, 6) is 0.626. The average Bonchev–Trinajstić information content (AvgIpc) is 2.59. The monoisotopic (exact) mass is 325 g/mol. The number of ether oxygens (including phenoxy) is 1. The SMILES string of the molecule is C=CCOc1ccccc1-c1cccc(S(=O)(=O)C(=C)C#N)c1. The number of para-hydroxylation sites is 1. The van der Waals surface area contributed by atoms with E-state index >= 15 is 0 Å². The Morgan fingerprint density at radius 2 is 1.96 bits per heavy atom. The van der Waals surface area contributed by atoms with E-state index in [2.05, 4.69) is 13.2 Å². The van der Waals surface area contributed by atoms with Crippen LogP contribution in [0.4, 0.5) is 0 Å². The molecule has 0 atom stereocenters. The van der Waals surface area contributed by atoms with Gasteiger partial charge < -0.3 is 4.74 Å². The fourth-order valence-electron chi connectivity index (χ4n) is 2.01. The van der Waals surface area contributed by atoms with Gasteiger partial charge in [-0.05, 0) is 23.8 Å². The number of nitriles is 1. The average molecular weight is 325 g/mol. The predicted molar refractivity (Wildman–Crippen MR) is 89.5 cm³/mol. The summed E-state index contributed by atoms with van der Waals surface area (Å²) in [6.07, 6.45) is 1.63. The van der Waals surface area contributed by atoms with Gasteiger partial charge in [-0.25, -0.2) is 8.42 Å². The summed E-state index contributed by atoms with van der Waals surface area (Å²) in [6.45, 7) is 7.25. The molecule has 2 rings (SSSR count). The molecule has 0 aliphatic heterocycles. The molecule has 0 radical (unpaired) electrons. The van der Waals surface area contributed by atoms with Crippen LogP contribution in [0, 0.1) is 11.3 Å². The molecule has 4 nitrogen and oxygen atoms in total. The predicted octanol–water partition coefficient (Wildman–Crippen LogP) is 3.73. The number of allylic oxidation sites excluding steroid dienone is 1. The van der Waals surface area contributed by atoms with Gasteiger partial charge in [-0.2, -0.15) is 5.26 Å². The molecular weight excluding hydrogens is 310 g/mol. The maximum absolute atomic E-state index is 12.2. The highest BCUT2D eigenvalue weighted by atomic mass is 32.2. The largest absolute Gasteiger partial charge is 0.489 e. The summed E-state index contributed by atoms with van der Waals surface area (Å²) < 4.78 is 30.1. The molecule has 0 unspecified atom stereocenters. The van der Waals surface area contributed by atoms with Gasteiger partial charge in [-0.1, -0.05) is 49.6 Å². The minimum absolute atomic E-state index is 0.0278. The van der Waals surface area contributed by atoms with Crippen LogP contribution in [-0.2, 0) is 9.84 Å². The fourth-order valence-corrected chi connectivity index (χ4v) is 2.96. The first-order chi connectivity index (χ1) is 11.0. The Kier molecular flexibility index (Phi) is 4.99. The lowest BCUT2D eigenvalue weighted by Crippen LogP contribution is -2.02. The Balaban J connectivity index is 2.52. The van der Waals surface area contributed by atoms with Crippen LogP contribution in [0.1, 0.15) is 0 Å². The van der Waals surface area contributed by atoms with E-state index in [0.29, 0.717) is 17.9 Å². The van der Waals surface area contributed by atoms with Gasteiger partial charge in [-0.3, -0.25) is 0 Å². The second kappa shape index (κ2) is 6.95. The van der Waals surface area contributed by atoms with Crippen molar-refractivity contribution in [3.05, 3.63) is 72.7 Å². The Labute approximate surface area is 135 Å². The van der Waals surface area contributed by atoms with Gasteiger partial charge in [0.05, 0.1) is 4.90 Å². The standard InChI is InChI=1S/C18H15NO3S/c1-3-11-22-18-10-5-4-9-17(18)15-7-6-8-16(12-15)23(20,21)14(2)13-19/h3-10,12H,1-2,11H2. The third kappa shape index (κ3) is 3.50. The highest BCUT2D eigenvalue weighted by molar-refractivity contribution is 7.95. The summed E-state index contributed by atoms with van der Waals surface area (Å²) in [5.41, 5.74) is 1.44. The van der Waals surface area contributed by atoms with E-state index in [1.54, 1.807) is 30.3 Å². The Bertz CT molecular complexity index is 892. The van der Waals surface area contributed by atoms with Crippen molar-refractivity contribution in [1.29, 1.82) is 5.26 Å². The third-order valence-corrected chi connectivity index (χ3v) is 4.76. The zero-order chi connectivity index (χ0) is 16.9. The van der Waals surface area contributed by atoms with Crippen molar-refractivity contribution in [1.82, 2.24) is 0 Å². The Morgan fingerprint density at radius 1 is 1.22 bits per heavy atom. The van der Waals surface area contributed by atoms with Crippen molar-refractivity contribution in [3.63, 3.8) is 0 Å². The third-order valence-electron chi connectivity index (χ3n) is 3.15. The van der Waals surface area contributed by atoms with E-state index in [0.717, 1.165) is 5.56 Å². The topological polar surface area (TPSA) is 67.2 Å². The molecule has 0 heterocycles. The second-order valence-corrected chi connectivity index (χ2v) is 6.63. The molecule has 0 bridgehead atoms. The zero-order valence-corrected chi connectivity index (χ0v) is 13.2. The van der Waals surface area contributed by atoms with Crippen LogP contribution >= 0.6 is 0 Å². The smallest absolute Gasteiger partial charge is 0.216 e. The van der Waals surface area contributed by atoms with Crippen molar-refractivity contribution in [2.24, 2.45) is 0 Å². The van der Waals surface area contributed by atoms with Crippen molar-refractivity contribution >= 4 is 9.84 Å². The lowest BCUT2D eigenvalue weighted by Gasteiger charge is -2.11. The maximum atomic E-state index is 12.2. The lowest BCUT2D eigenvalue weighted by atomic mass is 10.0. The second-order valence-electron chi connectivity index (χ2n) is 4.66. The normalized spacial score (nSPS) is 10.6. The molecule has 0 saturated carbocycles. The molecular formula is C18H15NO3S. The number of hydrogen-bond donors (Lipinski definition) is 0. The minimum Gasteiger partial charge on any atom is -0.489 e. The molecule has 0 aliphatic carbocycles. The van der Waals surface area contributed by atoms with Gasteiger partial charge in [0.25, 0.3) is 0 Å². The molecule has 0 amide bonds. The molecule has 2 aromatic rings. The molecule has 0 N–H and O–H groups in total. The fraction of sp³-hybridized carbons (Fsp3) is 0.0556. The van der Waals surface area contributed by atoms with Gasteiger partial charge in [-0.15, -0.1) is 0 Å². The summed E-state index contributed by atoms with van der Waals surface area (Å²) >= 11 is 0. The van der Waals surface area contributed by atoms with Gasteiger partial charge in [0.2, 0.25) is 9.84 Å². The summed E-state index contributed by atoms with van der Waals surface area (Å²) in [6, 6.07) is 15.2. The first-order valence-corrected chi connectivity index (χ1v) is 8.26. The summed E-state index contributed by atoms with van der Waals surface area (Å²) in [4.78, 5) is -0.453. The first kappa shape index (κ1) is 16.5. The highest BCUT2D eigenvalue weighted by Gasteiger charge is 2.19. The van der Waals surface area contributed by atoms with Crippen LogP contribution in [-0.4, -0.2) is 15.0 Å². The molecule has 0 spiro atoms. The Morgan fingerprint density at radius 3 is 2.65 bits per heavy atom. The van der Waals surface area contributed by atoms with E-state index in [1.165, 1.54) is 12.1 Å². The number of sulfone groups is 1. The van der Waals surface area contributed by atoms with Crippen LogP contribution in [0.15, 0.2) is 77.6 Å². The maximum Gasteiger partial charge on any atom is 0.216 e. The van der Waals surface area contributed by atoms with Crippen molar-refractivity contribution in [2.45, 2.75) is 4.90 Å². The van der Waals surface area contributed by atoms with E-state index in [9.17, 15) is 8.42 Å². The molecule has 5 heteroatoms. The van der Waals surface area contributed by atoms with Gasteiger partial charge in [0, 0.05) is 5.56 Å². The van der Waals surface area contributed by atoms with Crippen LogP contribution in [0.3, 0.4) is 0 Å². The van der Waals surface area contributed by atoms with Crippen LogP contribution in [0.5, 0.6) is 5.75 Å².